The molecule has 7 heteroatoms. The van der Waals surface area contributed by atoms with E-state index in [0.29, 0.717) is 5.02 Å². The molecule has 1 atom stereocenters. The third-order valence-corrected chi connectivity index (χ3v) is 7.27. The van der Waals surface area contributed by atoms with Crippen molar-refractivity contribution < 1.29 is 14.7 Å². The molecule has 35 heavy (non-hydrogen) atoms. The van der Waals surface area contributed by atoms with E-state index >= 15 is 0 Å². The fourth-order valence-corrected chi connectivity index (χ4v) is 5.23. The van der Waals surface area contributed by atoms with E-state index in [0.717, 1.165) is 48.4 Å². The number of piperazine rings is 1. The Balaban J connectivity index is 1.23. The molecule has 1 heterocycles. The summed E-state index contributed by atoms with van der Waals surface area (Å²) in [6.07, 6.45) is 0.554. The van der Waals surface area contributed by atoms with Gasteiger partial charge >= 0.3 is 5.97 Å². The van der Waals surface area contributed by atoms with Crippen molar-refractivity contribution >= 4 is 29.2 Å². The highest BCUT2D eigenvalue weighted by atomic mass is 35.5. The molecule has 0 saturated carbocycles. The SMILES string of the molecule is O=C(CN1CCN(c2ccccc2)CC1)NC1(C(=O)O)Cc2ccc(-c3ccc(Cl)cc3)cc2C1. The first-order valence-electron chi connectivity index (χ1n) is 11.9. The van der Waals surface area contributed by atoms with Gasteiger partial charge in [0.2, 0.25) is 5.91 Å². The van der Waals surface area contributed by atoms with Crippen LogP contribution < -0.4 is 10.2 Å². The van der Waals surface area contributed by atoms with Crippen LogP contribution in [0.1, 0.15) is 11.1 Å². The zero-order chi connectivity index (χ0) is 24.4. The van der Waals surface area contributed by atoms with E-state index in [-0.39, 0.29) is 25.3 Å². The van der Waals surface area contributed by atoms with Crippen molar-refractivity contribution in [3.05, 3.63) is 88.9 Å². The summed E-state index contributed by atoms with van der Waals surface area (Å²) in [7, 11) is 0. The Bertz CT molecular complexity index is 1220. The molecule has 1 amide bonds. The van der Waals surface area contributed by atoms with Crippen LogP contribution in [0.2, 0.25) is 5.02 Å². The molecule has 3 aromatic rings. The Kier molecular flexibility index (Phi) is 6.50. The lowest BCUT2D eigenvalue weighted by molar-refractivity contribution is -0.147. The molecule has 2 aliphatic rings. The third-order valence-electron chi connectivity index (χ3n) is 7.02. The molecular formula is C28H28ClN3O3. The summed E-state index contributed by atoms with van der Waals surface area (Å²) in [6, 6.07) is 23.8. The molecular weight excluding hydrogens is 462 g/mol. The maximum absolute atomic E-state index is 13.0. The van der Waals surface area contributed by atoms with Crippen LogP contribution in [0, 0.1) is 0 Å². The first kappa shape index (κ1) is 23.4. The minimum Gasteiger partial charge on any atom is -0.479 e. The van der Waals surface area contributed by atoms with Crippen molar-refractivity contribution in [1.29, 1.82) is 0 Å². The average molecular weight is 490 g/mol. The molecule has 180 valence electrons. The van der Waals surface area contributed by atoms with Crippen LogP contribution >= 0.6 is 11.6 Å². The highest BCUT2D eigenvalue weighted by Crippen LogP contribution is 2.34. The van der Waals surface area contributed by atoms with Gasteiger partial charge in [0.25, 0.3) is 0 Å². The van der Waals surface area contributed by atoms with Gasteiger partial charge in [0, 0.05) is 49.7 Å². The van der Waals surface area contributed by atoms with Crippen molar-refractivity contribution in [3.63, 3.8) is 0 Å². The van der Waals surface area contributed by atoms with Crippen LogP contribution in [0.5, 0.6) is 0 Å². The van der Waals surface area contributed by atoms with Crippen LogP contribution in [0.25, 0.3) is 11.1 Å². The van der Waals surface area contributed by atoms with Crippen molar-refractivity contribution in [2.45, 2.75) is 18.4 Å². The van der Waals surface area contributed by atoms with E-state index in [9.17, 15) is 14.7 Å². The summed E-state index contributed by atoms with van der Waals surface area (Å²) in [5.41, 5.74) is 3.80. The number of hydrogen-bond donors (Lipinski definition) is 2. The number of carboxylic acids is 1. The second-order valence-electron chi connectivity index (χ2n) is 9.38. The summed E-state index contributed by atoms with van der Waals surface area (Å²) < 4.78 is 0. The summed E-state index contributed by atoms with van der Waals surface area (Å²) >= 11 is 6.01. The van der Waals surface area contributed by atoms with Gasteiger partial charge in [0.15, 0.2) is 0 Å². The van der Waals surface area contributed by atoms with Crippen LogP contribution in [0.4, 0.5) is 5.69 Å². The molecule has 5 rings (SSSR count). The number of carbonyl (C=O) groups excluding carboxylic acids is 1. The Morgan fingerprint density at radius 1 is 0.857 bits per heavy atom. The Morgan fingerprint density at radius 2 is 1.51 bits per heavy atom. The summed E-state index contributed by atoms with van der Waals surface area (Å²) in [5.74, 6) is -1.24. The number of nitrogens with one attached hydrogen (secondary N) is 1. The standard InChI is InChI=1S/C28H28ClN3O3/c29-24-10-8-20(9-11-24)21-6-7-22-17-28(27(34)35,18-23(22)16-21)30-26(33)19-31-12-14-32(15-13-31)25-4-2-1-3-5-25/h1-11,16H,12-15,17-19H2,(H,30,33)(H,34,35). The van der Waals surface area contributed by atoms with Gasteiger partial charge < -0.3 is 15.3 Å². The monoisotopic (exact) mass is 489 g/mol. The van der Waals surface area contributed by atoms with Crippen LogP contribution in [-0.4, -0.2) is 60.1 Å². The van der Waals surface area contributed by atoms with Gasteiger partial charge in [-0.05, 0) is 46.5 Å². The Labute approximate surface area is 210 Å². The number of rotatable bonds is 6. The highest BCUT2D eigenvalue weighted by molar-refractivity contribution is 6.30. The zero-order valence-electron chi connectivity index (χ0n) is 19.4. The quantitative estimate of drug-likeness (QED) is 0.550. The van der Waals surface area contributed by atoms with Crippen molar-refractivity contribution in [1.82, 2.24) is 10.2 Å². The fourth-order valence-electron chi connectivity index (χ4n) is 5.10. The van der Waals surface area contributed by atoms with Crippen LogP contribution in [-0.2, 0) is 22.4 Å². The summed E-state index contributed by atoms with van der Waals surface area (Å²) in [6.45, 7) is 3.38. The largest absolute Gasteiger partial charge is 0.479 e. The molecule has 3 aromatic carbocycles. The molecule has 6 nitrogen and oxygen atoms in total. The lowest BCUT2D eigenvalue weighted by Crippen LogP contribution is -2.58. The van der Waals surface area contributed by atoms with E-state index in [1.807, 2.05) is 60.7 Å². The lowest BCUT2D eigenvalue weighted by Gasteiger charge is -2.36. The Hall–Kier alpha value is -3.35. The van der Waals surface area contributed by atoms with Gasteiger partial charge in [-0.3, -0.25) is 9.69 Å². The second kappa shape index (κ2) is 9.72. The number of fused-ring (bicyclic) bond motifs is 1. The van der Waals surface area contributed by atoms with Gasteiger partial charge in [0.05, 0.1) is 6.54 Å². The van der Waals surface area contributed by atoms with E-state index in [2.05, 4.69) is 27.2 Å². The Morgan fingerprint density at radius 3 is 2.20 bits per heavy atom. The van der Waals surface area contributed by atoms with E-state index in [1.54, 1.807) is 0 Å². The molecule has 1 aliphatic heterocycles. The third kappa shape index (κ3) is 5.04. The fraction of sp³-hybridized carbons (Fsp3) is 0.286. The lowest BCUT2D eigenvalue weighted by atomic mass is 9.95. The molecule has 2 N–H and O–H groups in total. The predicted octanol–water partition coefficient (Wildman–Crippen LogP) is 3.87. The van der Waals surface area contributed by atoms with Crippen LogP contribution in [0.3, 0.4) is 0 Å². The first-order valence-corrected chi connectivity index (χ1v) is 12.2. The van der Waals surface area contributed by atoms with E-state index < -0.39 is 11.5 Å². The van der Waals surface area contributed by atoms with Gasteiger partial charge in [-0.15, -0.1) is 0 Å². The zero-order valence-corrected chi connectivity index (χ0v) is 20.2. The number of carbonyl (C=O) groups is 2. The summed E-state index contributed by atoms with van der Waals surface area (Å²) in [4.78, 5) is 29.7. The predicted molar refractivity (Wildman–Crippen MR) is 138 cm³/mol. The van der Waals surface area contributed by atoms with Crippen molar-refractivity contribution in [2.24, 2.45) is 0 Å². The second-order valence-corrected chi connectivity index (χ2v) is 9.81. The number of nitrogens with zero attached hydrogens (tertiary/aromatic N) is 2. The van der Waals surface area contributed by atoms with E-state index in [4.69, 9.17) is 11.6 Å². The van der Waals surface area contributed by atoms with Crippen molar-refractivity contribution in [2.75, 3.05) is 37.6 Å². The van der Waals surface area contributed by atoms with Gasteiger partial charge in [-0.25, -0.2) is 4.79 Å². The number of halogens is 1. The van der Waals surface area contributed by atoms with Crippen LogP contribution in [0.15, 0.2) is 72.8 Å². The molecule has 0 spiro atoms. The number of hydrogen-bond acceptors (Lipinski definition) is 4. The molecule has 0 radical (unpaired) electrons. The minimum absolute atomic E-state index is 0.198. The van der Waals surface area contributed by atoms with Gasteiger partial charge in [-0.1, -0.05) is 60.1 Å². The van der Waals surface area contributed by atoms with Gasteiger partial charge in [-0.2, -0.15) is 0 Å². The average Bonchev–Trinajstić information content (AvgIpc) is 3.24. The number of carboxylic acid groups (broad SMARTS) is 1. The number of anilines is 1. The molecule has 1 unspecified atom stereocenters. The maximum Gasteiger partial charge on any atom is 0.330 e. The number of aliphatic carboxylic acids is 1. The van der Waals surface area contributed by atoms with Crippen molar-refractivity contribution in [3.8, 4) is 11.1 Å². The first-order chi connectivity index (χ1) is 16.9. The number of para-hydroxylation sites is 1. The summed E-state index contributed by atoms with van der Waals surface area (Å²) in [5, 5.41) is 13.7. The molecule has 1 aliphatic carbocycles. The number of benzene rings is 3. The van der Waals surface area contributed by atoms with E-state index in [1.165, 1.54) is 5.69 Å². The molecule has 0 bridgehead atoms. The topological polar surface area (TPSA) is 72.9 Å². The minimum atomic E-state index is -1.32. The normalized spacial score (nSPS) is 19.9. The molecule has 1 saturated heterocycles. The maximum atomic E-state index is 13.0. The molecule has 0 aromatic heterocycles. The highest BCUT2D eigenvalue weighted by Gasteiger charge is 2.45. The van der Waals surface area contributed by atoms with Gasteiger partial charge in [0.1, 0.15) is 5.54 Å². The molecule has 1 fully saturated rings. The number of amides is 1. The smallest absolute Gasteiger partial charge is 0.330 e.